The van der Waals surface area contributed by atoms with Crippen LogP contribution in [-0.2, 0) is 6.42 Å². The fourth-order valence-electron chi connectivity index (χ4n) is 4.95. The molecule has 2 amide bonds. The van der Waals surface area contributed by atoms with Crippen molar-refractivity contribution < 1.29 is 18.7 Å². The second-order valence-corrected chi connectivity index (χ2v) is 10.1. The number of carbonyl (C=O) groups excluding carboxylic acids is 2. The zero-order valence-electron chi connectivity index (χ0n) is 22.0. The monoisotopic (exact) mass is 517 g/mol. The van der Waals surface area contributed by atoms with Crippen molar-refractivity contribution in [1.82, 2.24) is 15.3 Å². The number of hydrogen-bond donors (Lipinski definition) is 2. The van der Waals surface area contributed by atoms with Crippen molar-refractivity contribution >= 4 is 23.5 Å². The van der Waals surface area contributed by atoms with Crippen LogP contribution in [0.3, 0.4) is 0 Å². The summed E-state index contributed by atoms with van der Waals surface area (Å²) in [6.07, 6.45) is 9.15. The van der Waals surface area contributed by atoms with E-state index in [-0.39, 0.29) is 23.7 Å². The van der Waals surface area contributed by atoms with Crippen LogP contribution in [0.4, 0.5) is 11.7 Å². The summed E-state index contributed by atoms with van der Waals surface area (Å²) < 4.78 is 11.8. The van der Waals surface area contributed by atoms with E-state index in [4.69, 9.17) is 9.15 Å². The minimum Gasteiger partial charge on any atom is -0.474 e. The van der Waals surface area contributed by atoms with Gasteiger partial charge in [0.25, 0.3) is 17.8 Å². The first-order valence-corrected chi connectivity index (χ1v) is 13.5. The third-order valence-electron chi connectivity index (χ3n) is 7.58. The van der Waals surface area contributed by atoms with Crippen LogP contribution in [0, 0.1) is 5.92 Å². The summed E-state index contributed by atoms with van der Waals surface area (Å²) in [5.74, 6) is 0.612. The molecule has 3 aromatic rings. The number of carbonyl (C=O) groups is 2. The van der Waals surface area contributed by atoms with Gasteiger partial charge in [0, 0.05) is 43.7 Å². The molecule has 1 saturated heterocycles. The highest BCUT2D eigenvalue weighted by molar-refractivity contribution is 6.08. The van der Waals surface area contributed by atoms with Crippen molar-refractivity contribution in [2.24, 2.45) is 5.92 Å². The van der Waals surface area contributed by atoms with E-state index < -0.39 is 5.91 Å². The molecule has 2 aromatic heterocycles. The summed E-state index contributed by atoms with van der Waals surface area (Å²) in [5, 5.41) is 5.91. The van der Waals surface area contributed by atoms with Gasteiger partial charge in [-0.1, -0.05) is 31.5 Å². The van der Waals surface area contributed by atoms with Gasteiger partial charge in [-0.2, -0.15) is 4.98 Å². The topological polar surface area (TPSA) is 110 Å². The summed E-state index contributed by atoms with van der Waals surface area (Å²) in [4.78, 5) is 36.7. The Balaban J connectivity index is 1.17. The minimum atomic E-state index is -0.423. The van der Waals surface area contributed by atoms with Crippen LogP contribution in [0.15, 0.2) is 53.3 Å². The second-order valence-electron chi connectivity index (χ2n) is 10.1. The van der Waals surface area contributed by atoms with Gasteiger partial charge in [-0.15, -0.1) is 0 Å². The zero-order chi connectivity index (χ0) is 26.5. The van der Waals surface area contributed by atoms with E-state index in [0.717, 1.165) is 37.7 Å². The number of amides is 2. The third-order valence-corrected chi connectivity index (χ3v) is 7.58. The number of hydrogen-bond acceptors (Lipinski definition) is 7. The molecule has 2 fully saturated rings. The Morgan fingerprint density at radius 3 is 2.63 bits per heavy atom. The number of piperidine rings is 1. The van der Waals surface area contributed by atoms with E-state index in [1.165, 1.54) is 12.7 Å². The largest absolute Gasteiger partial charge is 0.474 e. The number of para-hydroxylation sites is 1. The molecule has 1 aliphatic heterocycles. The Morgan fingerprint density at radius 2 is 1.89 bits per heavy atom. The first kappa shape index (κ1) is 25.8. The van der Waals surface area contributed by atoms with E-state index in [0.29, 0.717) is 42.2 Å². The Bertz CT molecular complexity index is 1260. The lowest BCUT2D eigenvalue weighted by Gasteiger charge is -2.32. The number of rotatable bonds is 9. The predicted octanol–water partition coefficient (Wildman–Crippen LogP) is 4.85. The van der Waals surface area contributed by atoms with E-state index in [9.17, 15) is 9.59 Å². The van der Waals surface area contributed by atoms with Crippen LogP contribution in [0.5, 0.6) is 5.88 Å². The fourth-order valence-corrected chi connectivity index (χ4v) is 4.95. The molecule has 0 spiro atoms. The molecular formula is C29H35N5O4. The molecule has 2 N–H and O–H groups in total. The van der Waals surface area contributed by atoms with Gasteiger partial charge in [-0.25, -0.2) is 4.98 Å². The molecule has 1 atom stereocenters. The first-order chi connectivity index (χ1) is 18.5. The molecule has 2 aliphatic rings. The van der Waals surface area contributed by atoms with Gasteiger partial charge in [0.05, 0.1) is 11.3 Å². The molecule has 0 bridgehead atoms. The van der Waals surface area contributed by atoms with Crippen molar-refractivity contribution in [3.05, 3.63) is 65.7 Å². The Kier molecular flexibility index (Phi) is 7.91. The van der Waals surface area contributed by atoms with Gasteiger partial charge in [-0.3, -0.25) is 9.59 Å². The zero-order valence-corrected chi connectivity index (χ0v) is 22.0. The number of nitrogens with zero attached hydrogens (tertiary/aromatic N) is 3. The van der Waals surface area contributed by atoms with E-state index in [1.54, 1.807) is 30.5 Å². The molecule has 9 heteroatoms. The molecule has 3 heterocycles. The smallest absolute Gasteiger partial charge is 0.297 e. The summed E-state index contributed by atoms with van der Waals surface area (Å²) in [6, 6.07) is 11.5. The molecule has 5 rings (SSSR count). The SMILES string of the molecule is CCc1cccnc1OC1CCN(c2nc(C(=O)Nc3ccccc3C(=O)NC(C)C3CCC3)co2)CC1. The van der Waals surface area contributed by atoms with Crippen LogP contribution in [0.1, 0.15) is 72.4 Å². The predicted molar refractivity (Wildman–Crippen MR) is 145 cm³/mol. The lowest BCUT2D eigenvalue weighted by Crippen LogP contribution is -2.41. The molecule has 1 aromatic carbocycles. The fraction of sp³-hybridized carbons (Fsp3) is 0.448. The molecule has 1 unspecified atom stereocenters. The van der Waals surface area contributed by atoms with Crippen LogP contribution in [0.25, 0.3) is 0 Å². The normalized spacial score (nSPS) is 16.9. The van der Waals surface area contributed by atoms with Crippen LogP contribution >= 0.6 is 0 Å². The standard InChI is InChI=1S/C29H35N5O4/c1-3-20-10-7-15-30-28(20)38-22-13-16-34(17-14-22)29-33-25(18-37-29)27(36)32-24-12-5-4-11-23(24)26(35)31-19(2)21-8-6-9-21/h4-5,7,10-12,15,18-19,21-22H,3,6,8-9,13-14,16-17H2,1-2H3,(H,31,35)(H,32,36). The Morgan fingerprint density at radius 1 is 1.11 bits per heavy atom. The molecular weight excluding hydrogens is 482 g/mol. The summed E-state index contributed by atoms with van der Waals surface area (Å²) in [6.45, 7) is 5.52. The molecule has 200 valence electrons. The van der Waals surface area contributed by atoms with Crippen molar-refractivity contribution in [2.45, 2.75) is 64.5 Å². The number of oxazole rings is 1. The highest BCUT2D eigenvalue weighted by Gasteiger charge is 2.27. The average molecular weight is 518 g/mol. The van der Waals surface area contributed by atoms with Crippen LogP contribution in [0.2, 0.25) is 0 Å². The molecule has 9 nitrogen and oxygen atoms in total. The second kappa shape index (κ2) is 11.7. The highest BCUT2D eigenvalue weighted by Crippen LogP contribution is 2.30. The van der Waals surface area contributed by atoms with Gasteiger partial charge < -0.3 is 24.7 Å². The highest BCUT2D eigenvalue weighted by atomic mass is 16.5. The van der Waals surface area contributed by atoms with Crippen LogP contribution in [-0.4, -0.2) is 47.0 Å². The number of nitrogens with one attached hydrogen (secondary N) is 2. The number of benzene rings is 1. The summed E-state index contributed by atoms with van der Waals surface area (Å²) in [5.41, 5.74) is 2.14. The van der Waals surface area contributed by atoms with Crippen molar-refractivity contribution in [3.63, 3.8) is 0 Å². The quantitative estimate of drug-likeness (QED) is 0.418. The Hall–Kier alpha value is -3.88. The van der Waals surface area contributed by atoms with Crippen molar-refractivity contribution in [2.75, 3.05) is 23.3 Å². The summed E-state index contributed by atoms with van der Waals surface area (Å²) >= 11 is 0. The van der Waals surface area contributed by atoms with E-state index in [2.05, 4.69) is 27.5 Å². The van der Waals surface area contributed by atoms with Gasteiger partial charge in [0.1, 0.15) is 12.4 Å². The van der Waals surface area contributed by atoms with Gasteiger partial charge in [0.15, 0.2) is 5.69 Å². The Labute approximate surface area is 223 Å². The van der Waals surface area contributed by atoms with E-state index in [1.807, 2.05) is 24.0 Å². The lowest BCUT2D eigenvalue weighted by atomic mass is 9.80. The number of pyridine rings is 1. The third kappa shape index (κ3) is 5.82. The van der Waals surface area contributed by atoms with Crippen molar-refractivity contribution in [1.29, 1.82) is 0 Å². The molecule has 0 radical (unpaired) electrons. The number of anilines is 2. The summed E-state index contributed by atoms with van der Waals surface area (Å²) in [7, 11) is 0. The molecule has 38 heavy (non-hydrogen) atoms. The molecule has 1 aliphatic carbocycles. The van der Waals surface area contributed by atoms with E-state index >= 15 is 0 Å². The maximum Gasteiger partial charge on any atom is 0.297 e. The number of ether oxygens (including phenoxy) is 1. The number of aromatic nitrogens is 2. The lowest BCUT2D eigenvalue weighted by molar-refractivity contribution is 0.0910. The first-order valence-electron chi connectivity index (χ1n) is 13.5. The maximum atomic E-state index is 13.0. The number of aryl methyl sites for hydroxylation is 1. The van der Waals surface area contributed by atoms with Crippen LogP contribution < -0.4 is 20.3 Å². The van der Waals surface area contributed by atoms with Gasteiger partial charge in [0.2, 0.25) is 5.88 Å². The molecule has 1 saturated carbocycles. The van der Waals surface area contributed by atoms with Gasteiger partial charge >= 0.3 is 0 Å². The maximum absolute atomic E-state index is 13.0. The van der Waals surface area contributed by atoms with Gasteiger partial charge in [-0.05, 0) is 50.3 Å². The average Bonchev–Trinajstić information content (AvgIpc) is 3.39. The minimum absolute atomic E-state index is 0.0684. The van der Waals surface area contributed by atoms with Crippen molar-refractivity contribution in [3.8, 4) is 5.88 Å².